The van der Waals surface area contributed by atoms with Crippen LogP contribution in [0.2, 0.25) is 0 Å². The van der Waals surface area contributed by atoms with Gasteiger partial charge in [-0.3, -0.25) is 4.57 Å². The average Bonchev–Trinajstić information content (AvgIpc) is 3.30. The lowest BCUT2D eigenvalue weighted by Gasteiger charge is -2.25. The molecule has 4 aromatic rings. The van der Waals surface area contributed by atoms with Crippen molar-refractivity contribution in [1.29, 1.82) is 0 Å². The van der Waals surface area contributed by atoms with Gasteiger partial charge in [0.25, 0.3) is 0 Å². The molecule has 0 amide bonds. The maximum absolute atomic E-state index is 13.1. The molecule has 5 nitrogen and oxygen atoms in total. The zero-order valence-electron chi connectivity index (χ0n) is 20.0. The summed E-state index contributed by atoms with van der Waals surface area (Å²) in [6, 6.07) is 23.8. The van der Waals surface area contributed by atoms with E-state index in [1.54, 1.807) is 27.8 Å². The Morgan fingerprint density at radius 3 is 2.00 bits per heavy atom. The molecule has 0 unspecified atom stereocenters. The Kier molecular flexibility index (Phi) is 6.73. The van der Waals surface area contributed by atoms with Crippen molar-refractivity contribution in [1.82, 2.24) is 8.87 Å². The lowest BCUT2D eigenvalue weighted by atomic mass is 10.1. The highest BCUT2D eigenvalue weighted by Gasteiger charge is 2.26. The molecule has 0 N–H and O–H groups in total. The average molecular weight is 504 g/mol. The first-order valence-electron chi connectivity index (χ1n) is 11.9. The number of aromatic nitrogens is 1. The smallest absolute Gasteiger partial charge is 0.243 e. The van der Waals surface area contributed by atoms with Gasteiger partial charge in [-0.2, -0.15) is 4.31 Å². The molecule has 7 heteroatoms. The highest BCUT2D eigenvalue weighted by Crippen LogP contribution is 2.27. The van der Waals surface area contributed by atoms with E-state index in [0.717, 1.165) is 46.7 Å². The van der Waals surface area contributed by atoms with Crippen molar-refractivity contribution in [2.24, 2.45) is 4.99 Å². The SMILES string of the molecule is Cc1ccc(N=c2scc(-c3ccc(S(=O)(=O)N4CCCCC4)cc3)n2-c2ccc(C)cc2)cc1. The molecule has 5 rings (SSSR count). The minimum Gasteiger partial charge on any atom is -0.285 e. The van der Waals surface area contributed by atoms with Gasteiger partial charge in [-0.05, 0) is 68.7 Å². The monoisotopic (exact) mass is 503 g/mol. The molecule has 180 valence electrons. The number of sulfonamides is 1. The van der Waals surface area contributed by atoms with Crippen LogP contribution in [0.25, 0.3) is 16.9 Å². The number of hydrogen-bond acceptors (Lipinski definition) is 4. The zero-order valence-corrected chi connectivity index (χ0v) is 21.6. The molecule has 0 spiro atoms. The molecule has 3 aromatic carbocycles. The quantitative estimate of drug-likeness (QED) is 0.324. The lowest BCUT2D eigenvalue weighted by Crippen LogP contribution is -2.35. The number of hydrogen-bond donors (Lipinski definition) is 0. The Morgan fingerprint density at radius 1 is 0.771 bits per heavy atom. The first-order chi connectivity index (χ1) is 16.9. The second-order valence-corrected chi connectivity index (χ2v) is 11.8. The van der Waals surface area contributed by atoms with Crippen LogP contribution in [-0.4, -0.2) is 30.4 Å². The summed E-state index contributed by atoms with van der Waals surface area (Å²) < 4.78 is 29.9. The largest absolute Gasteiger partial charge is 0.285 e. The van der Waals surface area contributed by atoms with Gasteiger partial charge in [-0.25, -0.2) is 13.4 Å². The Labute approximate surface area is 211 Å². The summed E-state index contributed by atoms with van der Waals surface area (Å²) in [5, 5.41) is 2.08. The van der Waals surface area contributed by atoms with E-state index in [0.29, 0.717) is 18.0 Å². The summed E-state index contributed by atoms with van der Waals surface area (Å²) in [6.45, 7) is 5.34. The Hall–Kier alpha value is -3.00. The molecule has 0 aliphatic carbocycles. The van der Waals surface area contributed by atoms with E-state index in [1.165, 1.54) is 11.1 Å². The minimum atomic E-state index is -3.46. The van der Waals surface area contributed by atoms with Crippen molar-refractivity contribution >= 4 is 27.0 Å². The van der Waals surface area contributed by atoms with Crippen LogP contribution >= 0.6 is 11.3 Å². The number of nitrogens with zero attached hydrogens (tertiary/aromatic N) is 3. The molecule has 1 aliphatic heterocycles. The first-order valence-corrected chi connectivity index (χ1v) is 14.2. The number of benzene rings is 3. The molecule has 1 fully saturated rings. The molecule has 1 saturated heterocycles. The summed E-state index contributed by atoms with van der Waals surface area (Å²) in [5.41, 5.74) is 6.23. The van der Waals surface area contributed by atoms with Crippen LogP contribution in [0.1, 0.15) is 30.4 Å². The van der Waals surface area contributed by atoms with Crippen molar-refractivity contribution < 1.29 is 8.42 Å². The van der Waals surface area contributed by atoms with E-state index < -0.39 is 10.0 Å². The molecule has 0 saturated carbocycles. The van der Waals surface area contributed by atoms with Crippen molar-refractivity contribution in [2.45, 2.75) is 38.0 Å². The summed E-state index contributed by atoms with van der Waals surface area (Å²) in [6.07, 6.45) is 2.95. The van der Waals surface area contributed by atoms with Gasteiger partial charge in [0.2, 0.25) is 10.0 Å². The third kappa shape index (κ3) is 5.03. The third-order valence-electron chi connectivity index (χ3n) is 6.36. The predicted octanol–water partition coefficient (Wildman–Crippen LogP) is 6.23. The van der Waals surface area contributed by atoms with E-state index >= 15 is 0 Å². The predicted molar refractivity (Wildman–Crippen MR) is 143 cm³/mol. The van der Waals surface area contributed by atoms with Gasteiger partial charge in [0.1, 0.15) is 0 Å². The van der Waals surface area contributed by atoms with Crippen LogP contribution in [0.5, 0.6) is 0 Å². The first kappa shape index (κ1) is 23.7. The highest BCUT2D eigenvalue weighted by atomic mass is 32.2. The maximum atomic E-state index is 13.1. The summed E-state index contributed by atoms with van der Waals surface area (Å²) in [4.78, 5) is 6.13. The van der Waals surface area contributed by atoms with Crippen LogP contribution < -0.4 is 4.80 Å². The zero-order chi connectivity index (χ0) is 24.4. The van der Waals surface area contributed by atoms with Crippen molar-refractivity contribution in [3.05, 3.63) is 94.1 Å². The van der Waals surface area contributed by atoms with Gasteiger partial charge in [0.15, 0.2) is 4.80 Å². The van der Waals surface area contributed by atoms with Gasteiger partial charge in [-0.1, -0.05) is 53.9 Å². The minimum absolute atomic E-state index is 0.352. The fraction of sp³-hybridized carbons (Fsp3) is 0.250. The van der Waals surface area contributed by atoms with Gasteiger partial charge in [0.05, 0.1) is 16.3 Å². The molecule has 2 heterocycles. The van der Waals surface area contributed by atoms with Crippen LogP contribution in [0.4, 0.5) is 5.69 Å². The topological polar surface area (TPSA) is 54.7 Å². The summed E-state index contributed by atoms with van der Waals surface area (Å²) >= 11 is 1.57. The summed E-state index contributed by atoms with van der Waals surface area (Å²) in [7, 11) is -3.46. The second-order valence-electron chi connectivity index (χ2n) is 9.01. The fourth-order valence-electron chi connectivity index (χ4n) is 4.32. The van der Waals surface area contributed by atoms with Crippen molar-refractivity contribution in [2.75, 3.05) is 13.1 Å². The molecule has 35 heavy (non-hydrogen) atoms. The van der Waals surface area contributed by atoms with Crippen LogP contribution in [0.3, 0.4) is 0 Å². The van der Waals surface area contributed by atoms with Crippen LogP contribution in [0.15, 0.2) is 88.1 Å². The van der Waals surface area contributed by atoms with Gasteiger partial charge >= 0.3 is 0 Å². The van der Waals surface area contributed by atoms with E-state index in [1.807, 2.05) is 24.3 Å². The van der Waals surface area contributed by atoms with Crippen LogP contribution in [-0.2, 0) is 10.0 Å². The van der Waals surface area contributed by atoms with Gasteiger partial charge in [0, 0.05) is 24.2 Å². The maximum Gasteiger partial charge on any atom is 0.243 e. The normalized spacial score (nSPS) is 15.4. The molecule has 0 radical (unpaired) electrons. The van der Waals surface area contributed by atoms with Gasteiger partial charge < -0.3 is 0 Å². The Bertz CT molecular complexity index is 1480. The molecular formula is C28H29N3O2S2. The summed E-state index contributed by atoms with van der Waals surface area (Å²) in [5.74, 6) is 0. The highest BCUT2D eigenvalue weighted by molar-refractivity contribution is 7.89. The number of piperidine rings is 1. The number of rotatable bonds is 5. The van der Waals surface area contributed by atoms with Crippen LogP contribution in [0, 0.1) is 13.8 Å². The van der Waals surface area contributed by atoms with Crippen molar-refractivity contribution in [3.63, 3.8) is 0 Å². The van der Waals surface area contributed by atoms with E-state index in [2.05, 4.69) is 60.2 Å². The molecule has 0 bridgehead atoms. The van der Waals surface area contributed by atoms with E-state index in [9.17, 15) is 8.42 Å². The van der Waals surface area contributed by atoms with E-state index in [-0.39, 0.29) is 0 Å². The molecule has 1 aliphatic rings. The van der Waals surface area contributed by atoms with Gasteiger partial charge in [-0.15, -0.1) is 11.3 Å². The van der Waals surface area contributed by atoms with E-state index in [4.69, 9.17) is 4.99 Å². The number of aryl methyl sites for hydroxylation is 2. The van der Waals surface area contributed by atoms with Crippen molar-refractivity contribution in [3.8, 4) is 16.9 Å². The number of thiazole rings is 1. The molecular weight excluding hydrogens is 474 g/mol. The Balaban J connectivity index is 1.57. The standard InChI is InChI=1S/C28H29N3O2S2/c1-21-6-12-24(13-7-21)29-28-31(25-14-8-22(2)9-15-25)27(20-34-28)23-10-16-26(17-11-23)35(32,33)30-18-4-3-5-19-30/h6-17,20H,3-5,18-19H2,1-2H3. The Morgan fingerprint density at radius 2 is 1.37 bits per heavy atom. The molecule has 0 atom stereocenters. The lowest BCUT2D eigenvalue weighted by molar-refractivity contribution is 0.346. The third-order valence-corrected chi connectivity index (χ3v) is 9.10. The fourth-order valence-corrected chi connectivity index (χ4v) is 6.76. The second kappa shape index (κ2) is 9.93. The molecule has 1 aromatic heterocycles.